The number of Topliss-reactive ketones (excluding diaryl/α,β-unsaturated/α-hetero) is 1. The fourth-order valence-electron chi connectivity index (χ4n) is 1.44. The van der Waals surface area contributed by atoms with Crippen LogP contribution in [0.3, 0.4) is 0 Å². The summed E-state index contributed by atoms with van der Waals surface area (Å²) in [4.78, 5) is 11.3. The molecule has 0 heterocycles. The first-order chi connectivity index (χ1) is 7.08. The van der Waals surface area contributed by atoms with E-state index in [2.05, 4.69) is 0 Å². The van der Waals surface area contributed by atoms with Crippen molar-refractivity contribution in [2.24, 2.45) is 5.92 Å². The Morgan fingerprint density at radius 3 is 2.33 bits per heavy atom. The smallest absolute Gasteiger partial charge is 0.161 e. The van der Waals surface area contributed by atoms with Crippen LogP contribution in [-0.2, 0) is 11.2 Å². The lowest BCUT2D eigenvalue weighted by atomic mass is 10.1. The Morgan fingerprint density at radius 1 is 1.13 bits per heavy atom. The van der Waals surface area contributed by atoms with E-state index in [4.69, 9.17) is 0 Å². The van der Waals surface area contributed by atoms with E-state index in [1.807, 2.05) is 0 Å². The lowest BCUT2D eigenvalue weighted by Crippen LogP contribution is -2.07. The minimum Gasteiger partial charge on any atom is -0.299 e. The van der Waals surface area contributed by atoms with Gasteiger partial charge >= 0.3 is 0 Å². The first kappa shape index (κ1) is 10.2. The quantitative estimate of drug-likeness (QED) is 0.707. The molecule has 0 N–H and O–H groups in total. The second-order valence-corrected chi connectivity index (χ2v) is 3.78. The molecule has 0 atom stereocenters. The lowest BCUT2D eigenvalue weighted by molar-refractivity contribution is -0.119. The van der Waals surface area contributed by atoms with E-state index < -0.39 is 17.5 Å². The van der Waals surface area contributed by atoms with Gasteiger partial charge in [0.2, 0.25) is 0 Å². The zero-order valence-corrected chi connectivity index (χ0v) is 7.90. The van der Waals surface area contributed by atoms with Crippen LogP contribution in [0.25, 0.3) is 0 Å². The van der Waals surface area contributed by atoms with Gasteiger partial charge in [-0.3, -0.25) is 4.79 Å². The summed E-state index contributed by atoms with van der Waals surface area (Å²) in [6.07, 6.45) is 1.50. The molecule has 1 fully saturated rings. The van der Waals surface area contributed by atoms with Gasteiger partial charge in [-0.2, -0.15) is 0 Å². The van der Waals surface area contributed by atoms with E-state index in [0.717, 1.165) is 18.9 Å². The SMILES string of the molecule is O=C(Cc1cc(F)c(F)cc1F)C1CC1. The molecule has 1 saturated carbocycles. The Morgan fingerprint density at radius 2 is 1.73 bits per heavy atom. The fraction of sp³-hybridized carbons (Fsp3) is 0.364. The highest BCUT2D eigenvalue weighted by atomic mass is 19.2. The van der Waals surface area contributed by atoms with Crippen LogP contribution in [0.1, 0.15) is 18.4 Å². The molecule has 0 aliphatic heterocycles. The third kappa shape index (κ3) is 2.19. The van der Waals surface area contributed by atoms with Gasteiger partial charge in [0.1, 0.15) is 11.6 Å². The maximum absolute atomic E-state index is 13.1. The van der Waals surface area contributed by atoms with E-state index >= 15 is 0 Å². The number of carbonyl (C=O) groups excluding carboxylic acids is 1. The van der Waals surface area contributed by atoms with E-state index in [-0.39, 0.29) is 23.7 Å². The van der Waals surface area contributed by atoms with Gasteiger partial charge in [-0.1, -0.05) is 0 Å². The molecule has 2 rings (SSSR count). The average molecular weight is 214 g/mol. The van der Waals surface area contributed by atoms with Gasteiger partial charge in [0.05, 0.1) is 0 Å². The van der Waals surface area contributed by atoms with Crippen molar-refractivity contribution in [3.8, 4) is 0 Å². The van der Waals surface area contributed by atoms with Crippen LogP contribution in [0.4, 0.5) is 13.2 Å². The molecule has 0 amide bonds. The molecule has 1 aromatic rings. The van der Waals surface area contributed by atoms with Crippen molar-refractivity contribution in [1.29, 1.82) is 0 Å². The first-order valence-electron chi connectivity index (χ1n) is 4.74. The summed E-state index contributed by atoms with van der Waals surface area (Å²) in [5.41, 5.74) is -0.0641. The van der Waals surface area contributed by atoms with Gasteiger partial charge in [0.15, 0.2) is 11.6 Å². The van der Waals surface area contributed by atoms with Gasteiger partial charge in [0.25, 0.3) is 0 Å². The molecular weight excluding hydrogens is 205 g/mol. The maximum Gasteiger partial charge on any atom is 0.161 e. The Labute approximate surface area is 84.9 Å². The molecule has 15 heavy (non-hydrogen) atoms. The largest absolute Gasteiger partial charge is 0.299 e. The first-order valence-corrected chi connectivity index (χ1v) is 4.74. The zero-order valence-electron chi connectivity index (χ0n) is 7.90. The number of carbonyl (C=O) groups is 1. The summed E-state index contributed by atoms with van der Waals surface area (Å²) >= 11 is 0. The van der Waals surface area contributed by atoms with Crippen molar-refractivity contribution < 1.29 is 18.0 Å². The van der Waals surface area contributed by atoms with E-state index in [1.165, 1.54) is 0 Å². The van der Waals surface area contributed by atoms with Crippen molar-refractivity contribution in [3.05, 3.63) is 35.1 Å². The molecule has 0 spiro atoms. The molecule has 1 nitrogen and oxygen atoms in total. The molecule has 1 aromatic carbocycles. The molecule has 80 valence electrons. The predicted octanol–water partition coefficient (Wildman–Crippen LogP) is 2.63. The standard InChI is InChI=1S/C11H9F3O/c12-8-5-10(14)9(13)3-7(8)4-11(15)6-1-2-6/h3,5-6H,1-2,4H2. The summed E-state index contributed by atoms with van der Waals surface area (Å²) in [6, 6.07) is 1.23. The summed E-state index contributed by atoms with van der Waals surface area (Å²) in [7, 11) is 0. The van der Waals surface area contributed by atoms with Crippen molar-refractivity contribution in [1.82, 2.24) is 0 Å². The maximum atomic E-state index is 13.1. The van der Waals surface area contributed by atoms with Crippen molar-refractivity contribution in [3.63, 3.8) is 0 Å². The minimum absolute atomic E-state index is 0.00230. The van der Waals surface area contributed by atoms with Crippen LogP contribution in [0.5, 0.6) is 0 Å². The molecule has 4 heteroatoms. The Balaban J connectivity index is 2.20. The highest BCUT2D eigenvalue weighted by Gasteiger charge is 2.29. The van der Waals surface area contributed by atoms with Crippen molar-refractivity contribution in [2.45, 2.75) is 19.3 Å². The van der Waals surface area contributed by atoms with E-state index in [9.17, 15) is 18.0 Å². The number of hydrogen-bond donors (Lipinski definition) is 0. The monoisotopic (exact) mass is 214 g/mol. The topological polar surface area (TPSA) is 17.1 Å². The van der Waals surface area contributed by atoms with Crippen LogP contribution >= 0.6 is 0 Å². The van der Waals surface area contributed by atoms with Gasteiger partial charge in [-0.25, -0.2) is 13.2 Å². The van der Waals surface area contributed by atoms with E-state index in [1.54, 1.807) is 0 Å². The van der Waals surface area contributed by atoms with E-state index in [0.29, 0.717) is 6.07 Å². The van der Waals surface area contributed by atoms with Gasteiger partial charge in [-0.15, -0.1) is 0 Å². The number of rotatable bonds is 3. The molecule has 0 radical (unpaired) electrons. The number of hydrogen-bond acceptors (Lipinski definition) is 1. The molecule has 1 aliphatic rings. The molecule has 0 bridgehead atoms. The molecule has 1 aliphatic carbocycles. The summed E-state index contributed by atoms with van der Waals surface area (Å²) in [5, 5.41) is 0. The van der Waals surface area contributed by atoms with Crippen LogP contribution in [0.15, 0.2) is 12.1 Å². The van der Waals surface area contributed by atoms with Gasteiger partial charge in [-0.05, 0) is 24.5 Å². The normalized spacial score (nSPS) is 15.4. The zero-order chi connectivity index (χ0) is 11.0. The lowest BCUT2D eigenvalue weighted by Gasteiger charge is -2.02. The Hall–Kier alpha value is -1.32. The highest BCUT2D eigenvalue weighted by Crippen LogP contribution is 2.31. The molecular formula is C11H9F3O. The van der Waals surface area contributed by atoms with Crippen molar-refractivity contribution >= 4 is 5.78 Å². The van der Waals surface area contributed by atoms with Crippen LogP contribution in [0, 0.1) is 23.4 Å². The van der Waals surface area contributed by atoms with Gasteiger partial charge in [0, 0.05) is 18.4 Å². The third-order valence-electron chi connectivity index (χ3n) is 2.49. The molecule has 0 saturated heterocycles. The minimum atomic E-state index is -1.23. The fourth-order valence-corrected chi connectivity index (χ4v) is 1.44. The summed E-state index contributed by atoms with van der Waals surface area (Å²) in [5.74, 6) is -3.30. The second kappa shape index (κ2) is 3.68. The second-order valence-electron chi connectivity index (χ2n) is 3.78. The number of benzene rings is 1. The number of ketones is 1. The summed E-state index contributed by atoms with van der Waals surface area (Å²) in [6.45, 7) is 0. The average Bonchev–Trinajstić information content (AvgIpc) is 2.97. The highest BCUT2D eigenvalue weighted by molar-refractivity contribution is 5.85. The Kier molecular flexibility index (Phi) is 2.50. The van der Waals surface area contributed by atoms with Crippen molar-refractivity contribution in [2.75, 3.05) is 0 Å². The van der Waals surface area contributed by atoms with Crippen LogP contribution in [0.2, 0.25) is 0 Å². The summed E-state index contributed by atoms with van der Waals surface area (Å²) < 4.78 is 38.5. The molecule has 0 unspecified atom stereocenters. The Bertz CT molecular complexity index is 411. The number of halogens is 3. The van der Waals surface area contributed by atoms with Gasteiger partial charge < -0.3 is 0 Å². The van der Waals surface area contributed by atoms with Crippen LogP contribution < -0.4 is 0 Å². The third-order valence-corrected chi connectivity index (χ3v) is 2.49. The molecule has 0 aromatic heterocycles. The predicted molar refractivity (Wildman–Crippen MR) is 47.8 cm³/mol. The van der Waals surface area contributed by atoms with Crippen LogP contribution in [-0.4, -0.2) is 5.78 Å².